The van der Waals surface area contributed by atoms with Gasteiger partial charge in [0.2, 0.25) is 0 Å². The molecule has 8 heteroatoms. The minimum Gasteiger partial charge on any atom is -0.505 e. The quantitative estimate of drug-likeness (QED) is 0.534. The van der Waals surface area contributed by atoms with Gasteiger partial charge in [-0.2, -0.15) is 0 Å². The highest BCUT2D eigenvalue weighted by atomic mass is 35.5. The van der Waals surface area contributed by atoms with Gasteiger partial charge in [-0.25, -0.2) is 4.98 Å². The number of fused-ring (bicyclic) bond motifs is 1. The second-order valence-corrected chi connectivity index (χ2v) is 8.91. The molecule has 0 amide bonds. The molecule has 0 spiro atoms. The van der Waals surface area contributed by atoms with Gasteiger partial charge >= 0.3 is 0 Å². The van der Waals surface area contributed by atoms with Crippen LogP contribution in [0.1, 0.15) is 12.8 Å². The van der Waals surface area contributed by atoms with Crippen molar-refractivity contribution >= 4 is 61.8 Å². The Bertz CT molecular complexity index is 893. The zero-order valence-corrected chi connectivity index (χ0v) is 16.9. The lowest BCUT2D eigenvalue weighted by molar-refractivity contribution is 0.460. The van der Waals surface area contributed by atoms with Crippen LogP contribution in [0.4, 0.5) is 5.13 Å². The van der Waals surface area contributed by atoms with Crippen LogP contribution in [0, 0.1) is 0 Å². The summed E-state index contributed by atoms with van der Waals surface area (Å²) >= 11 is 15.1. The number of aromatic nitrogens is 1. The van der Waals surface area contributed by atoms with Crippen LogP contribution < -0.4 is 9.62 Å². The third-order valence-electron chi connectivity index (χ3n) is 4.38. The van der Waals surface area contributed by atoms with Crippen molar-refractivity contribution in [3.05, 3.63) is 46.4 Å². The number of halogens is 2. The number of hydrogen-bond donors (Lipinski definition) is 2. The van der Waals surface area contributed by atoms with Crippen molar-refractivity contribution < 1.29 is 5.11 Å². The standard InChI is InChI=1S/C18H17Cl2N3OS2/c19-11-9-13(20)17(24)16(10-11)26-22-12-5-7-23(8-6-12)18-21-14-3-1-2-4-15(14)25-18/h1-4,9-10,12,22,24H,5-8H2. The molecule has 2 aromatic carbocycles. The largest absolute Gasteiger partial charge is 0.505 e. The lowest BCUT2D eigenvalue weighted by atomic mass is 10.1. The molecule has 26 heavy (non-hydrogen) atoms. The number of hydrogen-bond acceptors (Lipinski definition) is 6. The number of anilines is 1. The molecular formula is C18H17Cl2N3OS2. The van der Waals surface area contributed by atoms with Gasteiger partial charge in [0.25, 0.3) is 0 Å². The fraction of sp³-hybridized carbons (Fsp3) is 0.278. The Labute approximate surface area is 170 Å². The predicted octanol–water partition coefficient (Wildman–Crippen LogP) is 5.57. The lowest BCUT2D eigenvalue weighted by Crippen LogP contribution is -2.40. The van der Waals surface area contributed by atoms with Crippen LogP contribution in [0.5, 0.6) is 5.75 Å². The Hall–Kier alpha value is -1.18. The molecule has 0 radical (unpaired) electrons. The number of phenols is 1. The normalized spacial score (nSPS) is 15.7. The SMILES string of the molecule is Oc1c(Cl)cc(Cl)cc1SNC1CCN(c2nc3ccccc3s2)CC1. The minimum atomic E-state index is 0.0699. The van der Waals surface area contributed by atoms with Gasteiger partial charge in [-0.15, -0.1) is 0 Å². The third kappa shape index (κ3) is 3.89. The first-order chi connectivity index (χ1) is 12.6. The number of rotatable bonds is 4. The van der Waals surface area contributed by atoms with Crippen LogP contribution in [0.2, 0.25) is 10.0 Å². The molecule has 1 aliphatic heterocycles. The maximum Gasteiger partial charge on any atom is 0.186 e. The summed E-state index contributed by atoms with van der Waals surface area (Å²) in [4.78, 5) is 7.74. The van der Waals surface area contributed by atoms with Crippen molar-refractivity contribution in [2.45, 2.75) is 23.8 Å². The molecule has 0 unspecified atom stereocenters. The molecule has 1 aliphatic rings. The number of benzene rings is 2. The summed E-state index contributed by atoms with van der Waals surface area (Å²) in [6.07, 6.45) is 2.02. The number of piperidine rings is 1. The van der Waals surface area contributed by atoms with E-state index < -0.39 is 0 Å². The average Bonchev–Trinajstić information content (AvgIpc) is 3.08. The first-order valence-electron chi connectivity index (χ1n) is 8.31. The van der Waals surface area contributed by atoms with Gasteiger partial charge in [-0.3, -0.25) is 4.72 Å². The summed E-state index contributed by atoms with van der Waals surface area (Å²) in [5.74, 6) is 0.0699. The molecule has 0 bridgehead atoms. The van der Waals surface area contributed by atoms with E-state index >= 15 is 0 Å². The van der Waals surface area contributed by atoms with E-state index in [4.69, 9.17) is 28.2 Å². The fourth-order valence-corrected chi connectivity index (χ4v) is 5.50. The molecular weight excluding hydrogens is 409 g/mol. The number of thiazole rings is 1. The summed E-state index contributed by atoms with van der Waals surface area (Å²) in [6, 6.07) is 11.9. The Kier molecular flexibility index (Phi) is 5.47. The molecule has 2 N–H and O–H groups in total. The van der Waals surface area contributed by atoms with Crippen LogP contribution >= 0.6 is 46.5 Å². The number of aromatic hydroxyl groups is 1. The summed E-state index contributed by atoms with van der Waals surface area (Å²) in [6.45, 7) is 1.92. The van der Waals surface area contributed by atoms with Crippen LogP contribution in [0.25, 0.3) is 10.2 Å². The highest BCUT2D eigenvalue weighted by molar-refractivity contribution is 7.97. The maximum absolute atomic E-state index is 10.0. The van der Waals surface area contributed by atoms with E-state index in [1.165, 1.54) is 16.6 Å². The maximum atomic E-state index is 10.0. The number of nitrogens with one attached hydrogen (secondary N) is 1. The van der Waals surface area contributed by atoms with Crippen LogP contribution in [-0.2, 0) is 0 Å². The molecule has 3 aromatic rings. The monoisotopic (exact) mass is 425 g/mol. The molecule has 0 aliphatic carbocycles. The fourth-order valence-electron chi connectivity index (χ4n) is 2.95. The first-order valence-corrected chi connectivity index (χ1v) is 10.7. The average molecular weight is 426 g/mol. The molecule has 4 rings (SSSR count). The summed E-state index contributed by atoms with van der Waals surface area (Å²) in [5.41, 5.74) is 1.07. The summed E-state index contributed by atoms with van der Waals surface area (Å²) < 4.78 is 4.66. The second kappa shape index (κ2) is 7.82. The Morgan fingerprint density at radius 2 is 1.96 bits per heavy atom. The number of nitrogens with zero attached hydrogens (tertiary/aromatic N) is 2. The van der Waals surface area contributed by atoms with Gasteiger partial charge in [0.05, 0.1) is 20.1 Å². The Morgan fingerprint density at radius 1 is 1.19 bits per heavy atom. The van der Waals surface area contributed by atoms with Gasteiger partial charge in [-0.1, -0.05) is 46.7 Å². The lowest BCUT2D eigenvalue weighted by Gasteiger charge is -2.31. The highest BCUT2D eigenvalue weighted by Crippen LogP contribution is 2.37. The van der Waals surface area contributed by atoms with E-state index in [1.54, 1.807) is 23.5 Å². The van der Waals surface area contributed by atoms with Crippen LogP contribution in [0.3, 0.4) is 0 Å². The van der Waals surface area contributed by atoms with Gasteiger partial charge in [0.15, 0.2) is 5.13 Å². The molecule has 136 valence electrons. The Morgan fingerprint density at radius 3 is 2.73 bits per heavy atom. The first kappa shape index (κ1) is 18.2. The molecule has 4 nitrogen and oxygen atoms in total. The number of para-hydroxylation sites is 1. The van der Waals surface area contributed by atoms with E-state index in [0.717, 1.165) is 36.6 Å². The van der Waals surface area contributed by atoms with Crippen molar-refractivity contribution in [3.63, 3.8) is 0 Å². The smallest absolute Gasteiger partial charge is 0.186 e. The molecule has 0 saturated carbocycles. The van der Waals surface area contributed by atoms with E-state index in [9.17, 15) is 5.11 Å². The minimum absolute atomic E-state index is 0.0699. The Balaban J connectivity index is 1.35. The second-order valence-electron chi connectivity index (χ2n) is 6.18. The highest BCUT2D eigenvalue weighted by Gasteiger charge is 2.22. The van der Waals surface area contributed by atoms with Gasteiger partial charge < -0.3 is 10.0 Å². The van der Waals surface area contributed by atoms with E-state index in [2.05, 4.69) is 27.8 Å². The van der Waals surface area contributed by atoms with E-state index in [1.807, 2.05) is 6.07 Å². The van der Waals surface area contributed by atoms with Gasteiger partial charge in [-0.05, 0) is 49.1 Å². The molecule has 0 atom stereocenters. The van der Waals surface area contributed by atoms with Crippen LogP contribution in [0.15, 0.2) is 41.3 Å². The van der Waals surface area contributed by atoms with Crippen molar-refractivity contribution in [2.24, 2.45) is 0 Å². The van der Waals surface area contributed by atoms with Gasteiger partial charge in [0, 0.05) is 24.2 Å². The summed E-state index contributed by atoms with van der Waals surface area (Å²) in [7, 11) is 0. The van der Waals surface area contributed by atoms with Gasteiger partial charge in [0.1, 0.15) is 5.75 Å². The van der Waals surface area contributed by atoms with E-state index in [0.29, 0.717) is 16.0 Å². The van der Waals surface area contributed by atoms with Crippen molar-refractivity contribution in [1.82, 2.24) is 9.71 Å². The van der Waals surface area contributed by atoms with Crippen LogP contribution in [-0.4, -0.2) is 29.2 Å². The van der Waals surface area contributed by atoms with Crippen molar-refractivity contribution in [1.29, 1.82) is 0 Å². The van der Waals surface area contributed by atoms with Crippen molar-refractivity contribution in [3.8, 4) is 5.75 Å². The molecule has 2 heterocycles. The molecule has 1 fully saturated rings. The third-order valence-corrected chi connectivity index (χ3v) is 6.96. The number of phenolic OH excluding ortho intramolecular Hbond substituents is 1. The topological polar surface area (TPSA) is 48.4 Å². The molecule has 1 saturated heterocycles. The summed E-state index contributed by atoms with van der Waals surface area (Å²) in [5, 5.41) is 11.9. The zero-order valence-electron chi connectivity index (χ0n) is 13.8. The van der Waals surface area contributed by atoms with Crippen molar-refractivity contribution in [2.75, 3.05) is 18.0 Å². The zero-order chi connectivity index (χ0) is 18.1. The molecule has 1 aromatic heterocycles. The van der Waals surface area contributed by atoms with E-state index in [-0.39, 0.29) is 10.8 Å². The predicted molar refractivity (Wildman–Crippen MR) is 112 cm³/mol.